The monoisotopic (exact) mass is 379 g/mol. The molecule has 0 spiro atoms. The summed E-state index contributed by atoms with van der Waals surface area (Å²) in [7, 11) is 0. The molecule has 4 heteroatoms. The number of halogens is 1. The van der Waals surface area contributed by atoms with E-state index in [0.29, 0.717) is 37.0 Å². The Hall–Kier alpha value is -0.536. The normalized spacial score (nSPS) is 42.4. The van der Waals surface area contributed by atoms with E-state index in [2.05, 4.69) is 36.3 Å². The zero-order chi connectivity index (χ0) is 18.1. The van der Waals surface area contributed by atoms with Gasteiger partial charge in [-0.15, -0.1) is 0 Å². The first-order valence-corrected chi connectivity index (χ1v) is 12.4. The number of rotatable bonds is 3. The van der Waals surface area contributed by atoms with Crippen molar-refractivity contribution >= 4 is 10.7 Å². The van der Waals surface area contributed by atoms with Gasteiger partial charge in [-0.3, -0.25) is 0 Å². The predicted octanol–water partition coefficient (Wildman–Crippen LogP) is 4.64. The zero-order valence-electron chi connectivity index (χ0n) is 16.0. The molecule has 4 fully saturated rings. The number of allylic oxidation sites excluding steroid dienone is 4. The summed E-state index contributed by atoms with van der Waals surface area (Å²) in [5.41, 5.74) is 2.59. The molecular weight excluding hydrogens is 349 g/mol. The molecule has 25 heavy (non-hydrogen) atoms. The van der Waals surface area contributed by atoms with Crippen molar-refractivity contribution in [3.63, 3.8) is 0 Å². The number of carbonyl (C=O) groups excluding carboxylic acids is 1. The van der Waals surface area contributed by atoms with Gasteiger partial charge in [0.25, 0.3) is 0 Å². The van der Waals surface area contributed by atoms with Crippen LogP contribution in [0, 0.1) is 23.2 Å². The molecule has 0 aromatic carbocycles. The summed E-state index contributed by atoms with van der Waals surface area (Å²) in [6, 6.07) is 0. The summed E-state index contributed by atoms with van der Waals surface area (Å²) < 4.78 is 19.9. The molecule has 1 N–H and O–H groups in total. The van der Waals surface area contributed by atoms with Crippen LogP contribution in [0.3, 0.4) is 0 Å². The van der Waals surface area contributed by atoms with E-state index in [1.807, 2.05) is 0 Å². The average Bonchev–Trinajstić information content (AvgIpc) is 2.68. The van der Waals surface area contributed by atoms with Gasteiger partial charge < -0.3 is 0 Å². The van der Waals surface area contributed by atoms with Crippen molar-refractivity contribution in [1.29, 1.82) is 0 Å². The topological polar surface area (TPSA) is 29.1 Å². The molecule has 5 rings (SSSR count). The number of alkyl halides is 1. The SMILES string of the molecule is [CH2]=[Ti]([NH]C(=O)C12CC3CC(CC(F)(C3)C1)C2)[C]1=C(C)C(C)=C(C)C1C. The third kappa shape index (κ3) is 2.68. The van der Waals surface area contributed by atoms with Gasteiger partial charge in [0, 0.05) is 0 Å². The van der Waals surface area contributed by atoms with E-state index in [-0.39, 0.29) is 5.91 Å². The molecule has 4 saturated carbocycles. The fourth-order valence-electron chi connectivity index (χ4n) is 6.60. The molecule has 0 aromatic heterocycles. The van der Waals surface area contributed by atoms with Gasteiger partial charge in [-0.25, -0.2) is 0 Å². The van der Waals surface area contributed by atoms with Crippen molar-refractivity contribution in [3.8, 4) is 0 Å². The Morgan fingerprint density at radius 2 is 1.76 bits per heavy atom. The summed E-state index contributed by atoms with van der Waals surface area (Å²) in [5, 5.41) is 0. The van der Waals surface area contributed by atoms with Crippen LogP contribution in [0.1, 0.15) is 66.2 Å². The van der Waals surface area contributed by atoms with Crippen molar-refractivity contribution in [1.82, 2.24) is 3.80 Å². The molecule has 0 aromatic rings. The Kier molecular flexibility index (Phi) is 4.09. The Bertz CT molecular complexity index is 720. The van der Waals surface area contributed by atoms with Crippen LogP contribution in [0.25, 0.3) is 0 Å². The van der Waals surface area contributed by atoms with Gasteiger partial charge in [-0.05, 0) is 0 Å². The Labute approximate surface area is 157 Å². The van der Waals surface area contributed by atoms with E-state index in [9.17, 15) is 4.79 Å². The molecule has 0 saturated heterocycles. The van der Waals surface area contributed by atoms with E-state index < -0.39 is 28.7 Å². The Morgan fingerprint density at radius 1 is 1.16 bits per heavy atom. The third-order valence-corrected chi connectivity index (χ3v) is 10.8. The molecule has 3 unspecified atom stereocenters. The van der Waals surface area contributed by atoms with E-state index in [1.165, 1.54) is 20.6 Å². The number of hydrogen-bond donors (Lipinski definition) is 1. The molecule has 3 atom stereocenters. The molecule has 4 bridgehead atoms. The van der Waals surface area contributed by atoms with Crippen molar-refractivity contribution in [2.75, 3.05) is 0 Å². The minimum absolute atomic E-state index is 0.128. The van der Waals surface area contributed by atoms with Crippen LogP contribution in [0.15, 0.2) is 20.6 Å². The summed E-state index contributed by atoms with van der Waals surface area (Å²) in [5.74, 6) is 1.37. The number of nitrogens with one attached hydrogen (secondary N) is 1. The second-order valence-corrected chi connectivity index (χ2v) is 12.1. The molecule has 5 aliphatic rings. The summed E-state index contributed by atoms with van der Waals surface area (Å²) in [4.78, 5) is 17.7. The van der Waals surface area contributed by atoms with E-state index in [4.69, 9.17) is 0 Å². The minimum atomic E-state index is -2.11. The van der Waals surface area contributed by atoms with Gasteiger partial charge >= 0.3 is 157 Å². The first kappa shape index (κ1) is 17.9. The van der Waals surface area contributed by atoms with E-state index in [1.54, 1.807) is 0 Å². The number of hydrogen-bond acceptors (Lipinski definition) is 1. The fraction of sp³-hybridized carbons (Fsp3) is 0.714. The maximum atomic E-state index is 15.2. The molecule has 0 heterocycles. The van der Waals surface area contributed by atoms with Crippen molar-refractivity contribution in [3.05, 3.63) is 20.6 Å². The van der Waals surface area contributed by atoms with Crippen LogP contribution < -0.4 is 3.80 Å². The Balaban J connectivity index is 1.54. The summed E-state index contributed by atoms with van der Waals surface area (Å²) >= 11 is -2.11. The zero-order valence-corrected chi connectivity index (χ0v) is 17.5. The van der Waals surface area contributed by atoms with Crippen molar-refractivity contribution in [2.24, 2.45) is 23.2 Å². The molecular formula is C21H30FNOTi. The van der Waals surface area contributed by atoms with Gasteiger partial charge in [0.2, 0.25) is 0 Å². The van der Waals surface area contributed by atoms with Crippen LogP contribution in [0.4, 0.5) is 4.39 Å². The van der Waals surface area contributed by atoms with Crippen molar-refractivity contribution < 1.29 is 26.8 Å². The number of carbonyl (C=O) groups is 1. The second kappa shape index (κ2) is 5.73. The molecule has 0 radical (unpaired) electrons. The van der Waals surface area contributed by atoms with E-state index in [0.717, 1.165) is 19.3 Å². The van der Waals surface area contributed by atoms with Crippen LogP contribution in [0.2, 0.25) is 0 Å². The van der Waals surface area contributed by atoms with Gasteiger partial charge in [0.15, 0.2) is 0 Å². The van der Waals surface area contributed by atoms with E-state index >= 15 is 4.39 Å². The number of amides is 1. The molecule has 1 amide bonds. The molecule has 136 valence electrons. The van der Waals surface area contributed by atoms with Gasteiger partial charge in [-0.2, -0.15) is 0 Å². The van der Waals surface area contributed by atoms with Crippen LogP contribution in [-0.4, -0.2) is 16.4 Å². The average molecular weight is 379 g/mol. The fourth-order valence-corrected chi connectivity index (χ4v) is 9.81. The van der Waals surface area contributed by atoms with Gasteiger partial charge in [0.05, 0.1) is 0 Å². The third-order valence-electron chi connectivity index (χ3n) is 7.70. The first-order chi connectivity index (χ1) is 11.6. The Morgan fingerprint density at radius 3 is 2.24 bits per heavy atom. The van der Waals surface area contributed by atoms with Crippen molar-refractivity contribution in [2.45, 2.75) is 71.9 Å². The van der Waals surface area contributed by atoms with Crippen LogP contribution in [0.5, 0.6) is 0 Å². The molecule has 2 nitrogen and oxygen atoms in total. The molecule has 0 aliphatic heterocycles. The molecule has 5 aliphatic carbocycles. The van der Waals surface area contributed by atoms with Crippen LogP contribution >= 0.6 is 0 Å². The van der Waals surface area contributed by atoms with Crippen LogP contribution in [-0.2, 0) is 22.5 Å². The first-order valence-electron chi connectivity index (χ1n) is 9.72. The maximum absolute atomic E-state index is 15.2. The van der Waals surface area contributed by atoms with Gasteiger partial charge in [-0.1, -0.05) is 0 Å². The van der Waals surface area contributed by atoms with Gasteiger partial charge in [0.1, 0.15) is 0 Å². The standard InChI is InChI=1S/C11H16FNO.C9H13.CH2.Ti/c12-11-4-7-1-8(5-11)3-10(2-7,6-11)9(13)14;1-6-5-7(2)9(4)8(6)3;;/h7-8H,1-6H2,(H2,13,14);6H,1-4H3;1H2;/q;;;+1/p-1. The second-order valence-electron chi connectivity index (χ2n) is 9.39. The quantitative estimate of drug-likeness (QED) is 0.712. The summed E-state index contributed by atoms with van der Waals surface area (Å²) in [6.45, 7) is 8.77. The summed E-state index contributed by atoms with van der Waals surface area (Å²) in [6.07, 6.45) is 4.77. The predicted molar refractivity (Wildman–Crippen MR) is 96.5 cm³/mol.